The van der Waals surface area contributed by atoms with Gasteiger partial charge in [-0.15, -0.1) is 0 Å². The predicted octanol–water partition coefficient (Wildman–Crippen LogP) is 7.23. The molecule has 1 aliphatic rings. The van der Waals surface area contributed by atoms with E-state index >= 15 is 0 Å². The van der Waals surface area contributed by atoms with Gasteiger partial charge in [0.2, 0.25) is 0 Å². The van der Waals surface area contributed by atoms with Gasteiger partial charge in [-0.25, -0.2) is 0 Å². The minimum absolute atomic E-state index is 0.125. The summed E-state index contributed by atoms with van der Waals surface area (Å²) >= 11 is 0. The fourth-order valence-corrected chi connectivity index (χ4v) is 4.87. The third-order valence-corrected chi connectivity index (χ3v) is 6.34. The number of benzene rings is 3. The predicted molar refractivity (Wildman–Crippen MR) is 128 cm³/mol. The summed E-state index contributed by atoms with van der Waals surface area (Å²) in [6.07, 6.45) is 1.98. The van der Waals surface area contributed by atoms with Crippen LogP contribution in [0.25, 0.3) is 21.9 Å². The summed E-state index contributed by atoms with van der Waals surface area (Å²) in [5.41, 5.74) is 8.65. The molecule has 0 fully saturated rings. The lowest BCUT2D eigenvalue weighted by molar-refractivity contribution is 0.662. The number of aromatic nitrogens is 1. The molecule has 0 saturated heterocycles. The van der Waals surface area contributed by atoms with Crippen LogP contribution in [0.5, 0.6) is 0 Å². The summed E-state index contributed by atoms with van der Waals surface area (Å²) in [4.78, 5) is 9.24. The van der Waals surface area contributed by atoms with Gasteiger partial charge in [-0.1, -0.05) is 36.4 Å². The van der Waals surface area contributed by atoms with E-state index in [0.29, 0.717) is 0 Å². The first-order valence-electron chi connectivity index (χ1n) is 10.6. The van der Waals surface area contributed by atoms with E-state index in [-0.39, 0.29) is 6.17 Å². The second-order valence-electron chi connectivity index (χ2n) is 8.21. The van der Waals surface area contributed by atoms with Crippen LogP contribution in [-0.2, 0) is 0 Å². The first-order valence-corrected chi connectivity index (χ1v) is 10.6. The van der Waals surface area contributed by atoms with Gasteiger partial charge < -0.3 is 14.2 Å². The van der Waals surface area contributed by atoms with Crippen LogP contribution in [-0.4, -0.2) is 11.1 Å². The number of pyridine rings is 1. The van der Waals surface area contributed by atoms with Crippen LogP contribution in [0.4, 0.5) is 22.7 Å². The topological polar surface area (TPSA) is 32.5 Å². The van der Waals surface area contributed by atoms with E-state index in [1.54, 1.807) is 0 Å². The van der Waals surface area contributed by atoms with Crippen molar-refractivity contribution < 1.29 is 4.42 Å². The van der Waals surface area contributed by atoms with Gasteiger partial charge in [0.25, 0.3) is 0 Å². The normalized spacial score (nSPS) is 15.8. The molecule has 2 aromatic heterocycles. The molecule has 31 heavy (non-hydrogen) atoms. The third kappa shape index (κ3) is 2.58. The van der Waals surface area contributed by atoms with Crippen molar-refractivity contribution in [1.82, 2.24) is 4.98 Å². The Balaban J connectivity index is 1.67. The molecule has 0 unspecified atom stereocenters. The molecule has 4 heteroatoms. The van der Waals surface area contributed by atoms with Gasteiger partial charge in [0, 0.05) is 34.4 Å². The summed E-state index contributed by atoms with van der Waals surface area (Å²) in [7, 11) is 0. The summed E-state index contributed by atoms with van der Waals surface area (Å²) in [6.45, 7) is 6.42. The Morgan fingerprint density at radius 1 is 0.774 bits per heavy atom. The molecule has 0 N–H and O–H groups in total. The Labute approximate surface area is 181 Å². The monoisotopic (exact) mass is 405 g/mol. The maximum atomic E-state index is 6.29. The zero-order valence-corrected chi connectivity index (χ0v) is 17.8. The Morgan fingerprint density at radius 3 is 2.32 bits per heavy atom. The Morgan fingerprint density at radius 2 is 1.52 bits per heavy atom. The van der Waals surface area contributed by atoms with Crippen LogP contribution in [0, 0.1) is 13.8 Å². The number of fused-ring (bicyclic) bond motifs is 4. The number of furan rings is 1. The first-order chi connectivity index (χ1) is 15.1. The van der Waals surface area contributed by atoms with Crippen LogP contribution in [0.3, 0.4) is 0 Å². The number of hydrogen-bond donors (Lipinski definition) is 0. The van der Waals surface area contributed by atoms with Crippen molar-refractivity contribution >= 4 is 44.7 Å². The number of para-hydroxylation sites is 2. The van der Waals surface area contributed by atoms with Crippen molar-refractivity contribution in [2.75, 3.05) is 9.80 Å². The van der Waals surface area contributed by atoms with Gasteiger partial charge >= 0.3 is 0 Å². The minimum atomic E-state index is 0.125. The van der Waals surface area contributed by atoms with Crippen LogP contribution >= 0.6 is 0 Å². The lowest BCUT2D eigenvalue weighted by Crippen LogP contribution is -2.35. The molecule has 0 saturated carbocycles. The molecule has 0 aliphatic carbocycles. The zero-order chi connectivity index (χ0) is 21.1. The number of rotatable bonds is 2. The van der Waals surface area contributed by atoms with E-state index < -0.39 is 0 Å². The summed E-state index contributed by atoms with van der Waals surface area (Å²) in [5, 5.41) is 2.24. The number of aryl methyl sites for hydroxylation is 2. The lowest BCUT2D eigenvalue weighted by atomic mass is 10.1. The average Bonchev–Trinajstić information content (AvgIpc) is 3.28. The summed E-state index contributed by atoms with van der Waals surface area (Å²) in [6, 6.07) is 25.7. The molecule has 0 amide bonds. The molecule has 1 aliphatic heterocycles. The summed E-state index contributed by atoms with van der Waals surface area (Å²) < 4.78 is 6.29. The molecule has 3 heterocycles. The Hall–Kier alpha value is -3.79. The lowest BCUT2D eigenvalue weighted by Gasteiger charge is -2.31. The summed E-state index contributed by atoms with van der Waals surface area (Å²) in [5.74, 6) is 0. The fourth-order valence-electron chi connectivity index (χ4n) is 4.87. The molecule has 0 bridgehead atoms. The van der Waals surface area contributed by atoms with Gasteiger partial charge in [-0.05, 0) is 56.7 Å². The van der Waals surface area contributed by atoms with Crippen LogP contribution in [0.1, 0.15) is 18.2 Å². The highest BCUT2D eigenvalue weighted by Crippen LogP contribution is 2.50. The fraction of sp³-hybridized carbons (Fsp3) is 0.148. The molecule has 152 valence electrons. The number of hydrogen-bond acceptors (Lipinski definition) is 4. The maximum absolute atomic E-state index is 6.29. The van der Waals surface area contributed by atoms with E-state index in [4.69, 9.17) is 4.42 Å². The minimum Gasteiger partial charge on any atom is -0.454 e. The third-order valence-electron chi connectivity index (χ3n) is 6.34. The number of anilines is 4. The van der Waals surface area contributed by atoms with Gasteiger partial charge in [0.05, 0.1) is 17.1 Å². The first kappa shape index (κ1) is 18.0. The second-order valence-corrected chi connectivity index (χ2v) is 8.21. The van der Waals surface area contributed by atoms with Crippen LogP contribution < -0.4 is 9.80 Å². The van der Waals surface area contributed by atoms with E-state index in [0.717, 1.165) is 33.3 Å². The standard InChI is InChI=1S/C27H23N3O/c1-17-9-7-8-12-23(17)30-19(3)29(20-10-5-4-6-11-20)24-15-22-21-13-14-28-18(2)27(21)31-26(22)16-25(24)30/h4-16,19H,1-3H3/t19-/m0/s1. The molecule has 0 radical (unpaired) electrons. The molecular weight excluding hydrogens is 382 g/mol. The van der Waals surface area contributed by atoms with Crippen molar-refractivity contribution in [3.05, 3.63) is 90.3 Å². The van der Waals surface area contributed by atoms with Crippen LogP contribution in [0.2, 0.25) is 0 Å². The quantitative estimate of drug-likeness (QED) is 0.310. The highest BCUT2D eigenvalue weighted by atomic mass is 16.3. The maximum Gasteiger partial charge on any atom is 0.156 e. The highest BCUT2D eigenvalue weighted by molar-refractivity contribution is 6.10. The molecule has 3 aromatic carbocycles. The van der Waals surface area contributed by atoms with Crippen molar-refractivity contribution in [1.29, 1.82) is 0 Å². The molecular formula is C27H23N3O. The van der Waals surface area contributed by atoms with Gasteiger partial charge in [0.1, 0.15) is 11.7 Å². The van der Waals surface area contributed by atoms with E-state index in [1.807, 2.05) is 19.2 Å². The van der Waals surface area contributed by atoms with E-state index in [2.05, 4.69) is 95.4 Å². The van der Waals surface area contributed by atoms with E-state index in [9.17, 15) is 0 Å². The second kappa shape index (κ2) is 6.61. The average molecular weight is 406 g/mol. The highest BCUT2D eigenvalue weighted by Gasteiger charge is 2.36. The van der Waals surface area contributed by atoms with Crippen molar-refractivity contribution in [2.24, 2.45) is 0 Å². The van der Waals surface area contributed by atoms with Gasteiger partial charge in [0.15, 0.2) is 5.58 Å². The van der Waals surface area contributed by atoms with Crippen molar-refractivity contribution in [3.8, 4) is 0 Å². The van der Waals surface area contributed by atoms with Crippen molar-refractivity contribution in [3.63, 3.8) is 0 Å². The molecule has 4 nitrogen and oxygen atoms in total. The SMILES string of the molecule is Cc1ccccc1N1c2cc3oc4c(C)nccc4c3cc2N(c2ccccc2)[C@@H]1C. The molecule has 6 rings (SSSR count). The Kier molecular flexibility index (Phi) is 3.84. The van der Waals surface area contributed by atoms with E-state index in [1.165, 1.54) is 22.6 Å². The number of nitrogens with zero attached hydrogens (tertiary/aromatic N) is 3. The largest absolute Gasteiger partial charge is 0.454 e. The molecule has 0 spiro atoms. The van der Waals surface area contributed by atoms with Crippen molar-refractivity contribution in [2.45, 2.75) is 26.9 Å². The smallest absolute Gasteiger partial charge is 0.156 e. The van der Waals surface area contributed by atoms with Gasteiger partial charge in [-0.2, -0.15) is 0 Å². The van der Waals surface area contributed by atoms with Crippen LogP contribution in [0.15, 0.2) is 83.4 Å². The molecule has 5 aromatic rings. The Bertz CT molecular complexity index is 1440. The molecule has 1 atom stereocenters. The zero-order valence-electron chi connectivity index (χ0n) is 17.8. The van der Waals surface area contributed by atoms with Gasteiger partial charge in [-0.3, -0.25) is 4.98 Å².